The van der Waals surface area contributed by atoms with Crippen molar-refractivity contribution in [1.82, 2.24) is 25.9 Å². The van der Waals surface area contributed by atoms with E-state index >= 15 is 0 Å². The van der Waals surface area contributed by atoms with Gasteiger partial charge in [-0.05, 0) is 49.3 Å². The third-order valence-electron chi connectivity index (χ3n) is 5.44. The lowest BCUT2D eigenvalue weighted by atomic mass is 9.72. The number of hydrogen-bond donors (Lipinski definition) is 3. The molecule has 2 fully saturated rings. The van der Waals surface area contributed by atoms with Crippen molar-refractivity contribution in [3.63, 3.8) is 0 Å². The summed E-state index contributed by atoms with van der Waals surface area (Å²) < 4.78 is 34.0. The van der Waals surface area contributed by atoms with Gasteiger partial charge < -0.3 is 15.2 Å². The summed E-state index contributed by atoms with van der Waals surface area (Å²) in [5.74, 6) is -1.84. The lowest BCUT2D eigenvalue weighted by Gasteiger charge is -2.41. The van der Waals surface area contributed by atoms with E-state index in [4.69, 9.17) is 4.74 Å². The van der Waals surface area contributed by atoms with E-state index < -0.39 is 23.6 Å². The van der Waals surface area contributed by atoms with Gasteiger partial charge >= 0.3 is 5.97 Å². The highest BCUT2D eigenvalue weighted by atomic mass is 35.5. The van der Waals surface area contributed by atoms with E-state index in [-0.39, 0.29) is 41.6 Å². The summed E-state index contributed by atoms with van der Waals surface area (Å²) >= 11 is 0. The van der Waals surface area contributed by atoms with Gasteiger partial charge in [-0.1, -0.05) is 0 Å². The molecule has 8 nitrogen and oxygen atoms in total. The van der Waals surface area contributed by atoms with Gasteiger partial charge in [0, 0.05) is 12.1 Å². The number of benzene rings is 1. The molecule has 2 aromatic rings. The van der Waals surface area contributed by atoms with Crippen LogP contribution < -0.4 is 10.1 Å². The largest absolute Gasteiger partial charge is 0.489 e. The van der Waals surface area contributed by atoms with Crippen molar-refractivity contribution in [2.45, 2.75) is 37.8 Å². The van der Waals surface area contributed by atoms with Crippen molar-refractivity contribution in [2.75, 3.05) is 6.54 Å². The number of ether oxygens (including phenoxy) is 1. The Bertz CT molecular complexity index is 838. The molecule has 3 N–H and O–H groups in total. The number of nitrogens with zero attached hydrogens (tertiary/aromatic N) is 3. The van der Waals surface area contributed by atoms with Gasteiger partial charge in [0.1, 0.15) is 29.0 Å². The van der Waals surface area contributed by atoms with Gasteiger partial charge in [0.2, 0.25) is 5.82 Å². The van der Waals surface area contributed by atoms with Gasteiger partial charge in [0.05, 0.1) is 6.10 Å². The number of carbonyl (C=O) groups is 1. The molecule has 1 saturated heterocycles. The van der Waals surface area contributed by atoms with Crippen LogP contribution in [0.5, 0.6) is 5.75 Å². The number of fused-ring (bicyclic) bond motifs is 1. The minimum absolute atomic E-state index is 0. The van der Waals surface area contributed by atoms with Crippen LogP contribution in [0.3, 0.4) is 0 Å². The molecule has 152 valence electrons. The van der Waals surface area contributed by atoms with Crippen molar-refractivity contribution < 1.29 is 23.4 Å². The number of aromatic amines is 1. The zero-order valence-electron chi connectivity index (χ0n) is 14.8. The number of H-pyrrole nitrogens is 1. The van der Waals surface area contributed by atoms with Crippen LogP contribution in [0, 0.1) is 23.5 Å². The molecular formula is C17H20ClF2N5O3. The smallest absolute Gasteiger partial charge is 0.320 e. The second-order valence-electron chi connectivity index (χ2n) is 7.10. The molecule has 0 unspecified atom stereocenters. The molecule has 0 amide bonds. The zero-order chi connectivity index (χ0) is 19.0. The molecule has 2 heterocycles. The molecular weight excluding hydrogens is 396 g/mol. The Kier molecular flexibility index (Phi) is 6.09. The quantitative estimate of drug-likeness (QED) is 0.701. The molecule has 11 heteroatoms. The fraction of sp³-hybridized carbons (Fsp3) is 0.529. The Morgan fingerprint density at radius 1 is 1.21 bits per heavy atom. The number of nitrogens with one attached hydrogen (secondary N) is 2. The van der Waals surface area contributed by atoms with E-state index in [9.17, 15) is 18.7 Å². The molecule has 0 bridgehead atoms. The highest BCUT2D eigenvalue weighted by molar-refractivity contribution is 5.85. The molecule has 0 spiro atoms. The molecule has 1 saturated carbocycles. The van der Waals surface area contributed by atoms with E-state index in [1.54, 1.807) is 0 Å². The predicted molar refractivity (Wildman–Crippen MR) is 96.1 cm³/mol. The Hall–Kier alpha value is -2.33. The average molecular weight is 416 g/mol. The van der Waals surface area contributed by atoms with Crippen LogP contribution in [0.1, 0.15) is 25.7 Å². The fourth-order valence-electron chi connectivity index (χ4n) is 4.12. The highest BCUT2D eigenvalue weighted by Gasteiger charge is 2.38. The number of halogens is 3. The minimum atomic E-state index is -0.858. The molecule has 4 rings (SSSR count). The normalized spacial score (nSPS) is 26.8. The summed E-state index contributed by atoms with van der Waals surface area (Å²) in [6, 6.07) is 1.30. The predicted octanol–water partition coefficient (Wildman–Crippen LogP) is 2.18. The monoisotopic (exact) mass is 415 g/mol. The van der Waals surface area contributed by atoms with Gasteiger partial charge in [-0.25, -0.2) is 8.78 Å². The number of carboxylic acids is 1. The standard InChI is InChI=1S/C17H19F2N5O3.ClH/c18-10-5-12(19)15(16-21-23-24-22-16)14(6-10)27-11-2-1-8-7-20-13(17(25)26)4-9(8)3-11;/h5-6,8-9,11,13,20H,1-4,7H2,(H,25,26)(H,21,22,23,24);1H/t8-,9+,11-,13-;/m0./s1. The van der Waals surface area contributed by atoms with E-state index in [1.165, 1.54) is 0 Å². The molecule has 28 heavy (non-hydrogen) atoms. The molecule has 1 aromatic heterocycles. The lowest BCUT2D eigenvalue weighted by Crippen LogP contribution is -2.50. The summed E-state index contributed by atoms with van der Waals surface area (Å²) in [6.45, 7) is 0.664. The minimum Gasteiger partial charge on any atom is -0.489 e. The van der Waals surface area contributed by atoms with E-state index in [0.717, 1.165) is 25.0 Å². The van der Waals surface area contributed by atoms with Crippen LogP contribution in [0.4, 0.5) is 8.78 Å². The first-order chi connectivity index (χ1) is 13.0. The van der Waals surface area contributed by atoms with Crippen LogP contribution in [0.25, 0.3) is 11.4 Å². The fourth-order valence-corrected chi connectivity index (χ4v) is 4.12. The number of aromatic nitrogens is 4. The summed E-state index contributed by atoms with van der Waals surface area (Å²) in [5, 5.41) is 25.5. The number of rotatable bonds is 4. The van der Waals surface area contributed by atoms with Crippen molar-refractivity contribution in [2.24, 2.45) is 11.8 Å². The Morgan fingerprint density at radius 2 is 2.04 bits per heavy atom. The molecule has 1 aliphatic carbocycles. The van der Waals surface area contributed by atoms with Gasteiger partial charge in [-0.2, -0.15) is 5.21 Å². The summed E-state index contributed by atoms with van der Waals surface area (Å²) in [4.78, 5) is 11.3. The first-order valence-corrected chi connectivity index (χ1v) is 8.87. The maximum Gasteiger partial charge on any atom is 0.320 e. The van der Waals surface area contributed by atoms with Crippen LogP contribution in [0.15, 0.2) is 12.1 Å². The third-order valence-corrected chi connectivity index (χ3v) is 5.44. The third kappa shape index (κ3) is 4.07. The van der Waals surface area contributed by atoms with E-state index in [2.05, 4.69) is 25.9 Å². The number of tetrazole rings is 1. The molecule has 2 aliphatic rings. The number of carboxylic acid groups (broad SMARTS) is 1. The van der Waals surface area contributed by atoms with E-state index in [1.807, 2.05) is 0 Å². The molecule has 4 atom stereocenters. The van der Waals surface area contributed by atoms with Crippen LogP contribution in [-0.4, -0.2) is 50.4 Å². The maximum atomic E-state index is 14.3. The first kappa shape index (κ1) is 20.4. The van der Waals surface area contributed by atoms with Crippen molar-refractivity contribution in [1.29, 1.82) is 0 Å². The number of aliphatic carboxylic acids is 1. The van der Waals surface area contributed by atoms with Crippen molar-refractivity contribution >= 4 is 18.4 Å². The van der Waals surface area contributed by atoms with Crippen LogP contribution >= 0.6 is 12.4 Å². The summed E-state index contributed by atoms with van der Waals surface area (Å²) in [6.07, 6.45) is 2.49. The Balaban J connectivity index is 0.00000225. The second kappa shape index (κ2) is 8.36. The topological polar surface area (TPSA) is 113 Å². The van der Waals surface area contributed by atoms with Gasteiger partial charge in [0.25, 0.3) is 0 Å². The average Bonchev–Trinajstić information content (AvgIpc) is 3.14. The maximum absolute atomic E-state index is 14.3. The molecule has 0 radical (unpaired) electrons. The van der Waals surface area contributed by atoms with Gasteiger partial charge in [-0.15, -0.1) is 22.6 Å². The van der Waals surface area contributed by atoms with Crippen molar-refractivity contribution in [3.8, 4) is 17.1 Å². The SMILES string of the molecule is Cl.O=C(O)[C@@H]1C[C@H]2C[C@@H](Oc3cc(F)cc(F)c3-c3nn[nH]n3)CC[C@H]2CN1. The van der Waals surface area contributed by atoms with Gasteiger partial charge in [0.15, 0.2) is 0 Å². The zero-order valence-corrected chi connectivity index (χ0v) is 15.6. The Morgan fingerprint density at radius 3 is 2.75 bits per heavy atom. The van der Waals surface area contributed by atoms with Crippen LogP contribution in [0.2, 0.25) is 0 Å². The number of hydrogen-bond acceptors (Lipinski definition) is 6. The molecule has 1 aliphatic heterocycles. The van der Waals surface area contributed by atoms with E-state index in [0.29, 0.717) is 25.3 Å². The summed E-state index contributed by atoms with van der Waals surface area (Å²) in [5.41, 5.74) is -0.0407. The Labute approximate surface area is 165 Å². The van der Waals surface area contributed by atoms with Gasteiger partial charge in [-0.3, -0.25) is 4.79 Å². The number of piperidine rings is 1. The van der Waals surface area contributed by atoms with Crippen LogP contribution in [-0.2, 0) is 4.79 Å². The molecule has 1 aromatic carbocycles. The second-order valence-corrected chi connectivity index (χ2v) is 7.10. The summed E-state index contributed by atoms with van der Waals surface area (Å²) in [7, 11) is 0. The lowest BCUT2D eigenvalue weighted by molar-refractivity contribution is -0.141. The first-order valence-electron chi connectivity index (χ1n) is 8.87. The highest BCUT2D eigenvalue weighted by Crippen LogP contribution is 2.39. The van der Waals surface area contributed by atoms with Crippen molar-refractivity contribution in [3.05, 3.63) is 23.8 Å².